The zero-order valence-electron chi connectivity index (χ0n) is 16.1. The van der Waals surface area contributed by atoms with E-state index in [1.807, 2.05) is 35.2 Å². The first kappa shape index (κ1) is 18.4. The van der Waals surface area contributed by atoms with Gasteiger partial charge in [0.1, 0.15) is 5.69 Å². The Morgan fingerprint density at radius 1 is 1.07 bits per heavy atom. The van der Waals surface area contributed by atoms with E-state index < -0.39 is 0 Å². The smallest absolute Gasteiger partial charge is 0.270 e. The first-order valence-corrected chi connectivity index (χ1v) is 9.76. The lowest BCUT2D eigenvalue weighted by Crippen LogP contribution is -2.40. The van der Waals surface area contributed by atoms with Gasteiger partial charge in [-0.05, 0) is 47.4 Å². The SMILES string of the molecule is Cn1c(C(=O)N2CCC(c3ccccc3CN)CC2)cc2ccccc2c1=O. The van der Waals surface area contributed by atoms with Crippen LogP contribution in [0, 0.1) is 0 Å². The molecule has 2 heterocycles. The molecular formula is C23H25N3O2. The number of piperidine rings is 1. The number of nitrogens with zero attached hydrogens (tertiary/aromatic N) is 2. The third kappa shape index (κ3) is 3.22. The molecule has 2 aromatic carbocycles. The van der Waals surface area contributed by atoms with Crippen LogP contribution in [0.25, 0.3) is 10.8 Å². The van der Waals surface area contributed by atoms with Gasteiger partial charge in [0.15, 0.2) is 0 Å². The topological polar surface area (TPSA) is 68.3 Å². The zero-order chi connectivity index (χ0) is 19.7. The van der Waals surface area contributed by atoms with E-state index >= 15 is 0 Å². The molecule has 0 bridgehead atoms. The Balaban J connectivity index is 1.56. The second kappa shape index (κ2) is 7.60. The molecule has 3 aromatic rings. The van der Waals surface area contributed by atoms with Crippen LogP contribution in [-0.2, 0) is 13.6 Å². The molecule has 0 saturated carbocycles. The molecule has 5 heteroatoms. The third-order valence-electron chi connectivity index (χ3n) is 5.87. The molecule has 1 aliphatic heterocycles. The van der Waals surface area contributed by atoms with Crippen molar-refractivity contribution in [2.24, 2.45) is 12.8 Å². The minimum atomic E-state index is -0.131. The highest BCUT2D eigenvalue weighted by Crippen LogP contribution is 2.31. The number of likely N-dealkylation sites (tertiary alicyclic amines) is 1. The number of rotatable bonds is 3. The second-order valence-corrected chi connectivity index (χ2v) is 7.45. The van der Waals surface area contributed by atoms with Gasteiger partial charge in [0.2, 0.25) is 0 Å². The van der Waals surface area contributed by atoms with E-state index in [9.17, 15) is 9.59 Å². The van der Waals surface area contributed by atoms with Gasteiger partial charge in [-0.2, -0.15) is 0 Å². The molecule has 4 rings (SSSR count). The maximum atomic E-state index is 13.1. The first-order valence-electron chi connectivity index (χ1n) is 9.76. The van der Waals surface area contributed by atoms with Crippen LogP contribution in [-0.4, -0.2) is 28.5 Å². The van der Waals surface area contributed by atoms with Gasteiger partial charge in [-0.1, -0.05) is 42.5 Å². The first-order chi connectivity index (χ1) is 13.6. The second-order valence-electron chi connectivity index (χ2n) is 7.45. The monoisotopic (exact) mass is 375 g/mol. The number of hydrogen-bond acceptors (Lipinski definition) is 3. The molecule has 0 spiro atoms. The number of nitrogens with two attached hydrogens (primary N) is 1. The van der Waals surface area contributed by atoms with Crippen molar-refractivity contribution in [3.63, 3.8) is 0 Å². The highest BCUT2D eigenvalue weighted by atomic mass is 16.2. The normalized spacial score (nSPS) is 15.1. The van der Waals surface area contributed by atoms with Gasteiger partial charge in [0.25, 0.3) is 11.5 Å². The number of amides is 1. The number of pyridine rings is 1. The van der Waals surface area contributed by atoms with Gasteiger partial charge in [0, 0.05) is 32.1 Å². The summed E-state index contributed by atoms with van der Waals surface area (Å²) in [7, 11) is 1.67. The van der Waals surface area contributed by atoms with E-state index in [0.717, 1.165) is 18.2 Å². The molecule has 1 fully saturated rings. The summed E-state index contributed by atoms with van der Waals surface area (Å²) < 4.78 is 1.47. The van der Waals surface area contributed by atoms with Crippen LogP contribution in [0.3, 0.4) is 0 Å². The number of carbonyl (C=O) groups is 1. The van der Waals surface area contributed by atoms with Gasteiger partial charge in [0.05, 0.1) is 0 Å². The van der Waals surface area contributed by atoms with Crippen LogP contribution in [0.15, 0.2) is 59.4 Å². The summed E-state index contributed by atoms with van der Waals surface area (Å²) in [6, 6.07) is 17.5. The number of benzene rings is 2. The lowest BCUT2D eigenvalue weighted by molar-refractivity contribution is 0.0702. The van der Waals surface area contributed by atoms with Gasteiger partial charge in [-0.3, -0.25) is 9.59 Å². The van der Waals surface area contributed by atoms with Crippen LogP contribution in [0.1, 0.15) is 40.4 Å². The minimum absolute atomic E-state index is 0.0732. The maximum Gasteiger partial charge on any atom is 0.270 e. The summed E-state index contributed by atoms with van der Waals surface area (Å²) in [6.07, 6.45) is 1.81. The van der Waals surface area contributed by atoms with E-state index in [0.29, 0.717) is 36.6 Å². The number of fused-ring (bicyclic) bond motifs is 1. The lowest BCUT2D eigenvalue weighted by atomic mass is 9.86. The highest BCUT2D eigenvalue weighted by Gasteiger charge is 2.27. The predicted octanol–water partition coefficient (Wildman–Crippen LogP) is 3.02. The Morgan fingerprint density at radius 2 is 1.75 bits per heavy atom. The van der Waals surface area contributed by atoms with E-state index in [2.05, 4.69) is 18.2 Å². The zero-order valence-corrected chi connectivity index (χ0v) is 16.1. The highest BCUT2D eigenvalue weighted by molar-refractivity contribution is 5.96. The molecule has 1 amide bonds. The molecule has 2 N–H and O–H groups in total. The van der Waals surface area contributed by atoms with Crippen molar-refractivity contribution < 1.29 is 4.79 Å². The number of aromatic nitrogens is 1. The minimum Gasteiger partial charge on any atom is -0.337 e. The molecule has 0 unspecified atom stereocenters. The summed E-state index contributed by atoms with van der Waals surface area (Å²) in [5.41, 5.74) is 8.69. The molecular weight excluding hydrogens is 350 g/mol. The van der Waals surface area contributed by atoms with Crippen molar-refractivity contribution in [3.8, 4) is 0 Å². The average molecular weight is 375 g/mol. The molecule has 0 aliphatic carbocycles. The van der Waals surface area contributed by atoms with Gasteiger partial charge in [-0.25, -0.2) is 0 Å². The molecule has 28 heavy (non-hydrogen) atoms. The molecule has 1 saturated heterocycles. The summed E-state index contributed by atoms with van der Waals surface area (Å²) in [4.78, 5) is 27.6. The Kier molecular flexibility index (Phi) is 5.01. The fraction of sp³-hybridized carbons (Fsp3) is 0.304. The van der Waals surface area contributed by atoms with E-state index in [1.165, 1.54) is 15.7 Å². The number of carbonyl (C=O) groups excluding carboxylic acids is 1. The lowest BCUT2D eigenvalue weighted by Gasteiger charge is -2.33. The van der Waals surface area contributed by atoms with Crippen molar-refractivity contribution >= 4 is 16.7 Å². The molecule has 1 aliphatic rings. The fourth-order valence-electron chi connectivity index (χ4n) is 4.23. The Hall–Kier alpha value is -2.92. The molecule has 5 nitrogen and oxygen atoms in total. The Morgan fingerprint density at radius 3 is 2.50 bits per heavy atom. The Bertz CT molecular complexity index is 1080. The summed E-state index contributed by atoms with van der Waals surface area (Å²) >= 11 is 0. The Labute approximate surface area is 164 Å². The quantitative estimate of drug-likeness (QED) is 0.765. The maximum absolute atomic E-state index is 13.1. The fourth-order valence-corrected chi connectivity index (χ4v) is 4.23. The van der Waals surface area contributed by atoms with Crippen molar-refractivity contribution in [2.75, 3.05) is 13.1 Å². The summed E-state index contributed by atoms with van der Waals surface area (Å²) in [6.45, 7) is 1.90. The number of hydrogen-bond donors (Lipinski definition) is 1. The van der Waals surface area contributed by atoms with Gasteiger partial charge >= 0.3 is 0 Å². The molecule has 0 radical (unpaired) electrons. The van der Waals surface area contributed by atoms with Crippen LogP contribution in [0.5, 0.6) is 0 Å². The largest absolute Gasteiger partial charge is 0.337 e. The van der Waals surface area contributed by atoms with Crippen molar-refractivity contribution in [3.05, 3.63) is 81.8 Å². The predicted molar refractivity (Wildman–Crippen MR) is 111 cm³/mol. The van der Waals surface area contributed by atoms with E-state index in [4.69, 9.17) is 5.73 Å². The standard InChI is InChI=1S/C23H25N3O2/c1-25-21(14-17-6-2-5-9-20(17)22(25)27)23(28)26-12-10-16(11-13-26)19-8-4-3-7-18(19)15-24/h2-9,14,16H,10-13,15,24H2,1H3. The molecule has 144 valence electrons. The van der Waals surface area contributed by atoms with Crippen LogP contribution < -0.4 is 11.3 Å². The van der Waals surface area contributed by atoms with Gasteiger partial charge < -0.3 is 15.2 Å². The van der Waals surface area contributed by atoms with Crippen molar-refractivity contribution in [1.82, 2.24) is 9.47 Å². The molecule has 0 atom stereocenters. The third-order valence-corrected chi connectivity index (χ3v) is 5.87. The van der Waals surface area contributed by atoms with Crippen molar-refractivity contribution in [1.29, 1.82) is 0 Å². The van der Waals surface area contributed by atoms with Crippen LogP contribution in [0.4, 0.5) is 0 Å². The van der Waals surface area contributed by atoms with Crippen molar-refractivity contribution in [2.45, 2.75) is 25.3 Å². The van der Waals surface area contributed by atoms with Crippen LogP contribution in [0.2, 0.25) is 0 Å². The summed E-state index contributed by atoms with van der Waals surface area (Å²) in [5, 5.41) is 1.44. The average Bonchev–Trinajstić information content (AvgIpc) is 2.76. The van der Waals surface area contributed by atoms with E-state index in [1.54, 1.807) is 13.1 Å². The van der Waals surface area contributed by atoms with Gasteiger partial charge in [-0.15, -0.1) is 0 Å². The van der Waals surface area contributed by atoms with E-state index in [-0.39, 0.29) is 11.5 Å². The summed E-state index contributed by atoms with van der Waals surface area (Å²) in [5.74, 6) is 0.347. The van der Waals surface area contributed by atoms with Crippen LogP contribution >= 0.6 is 0 Å². The molecule has 1 aromatic heterocycles.